The number of aliphatic hydroxyl groups is 1. The van der Waals surface area contributed by atoms with Gasteiger partial charge in [-0.3, -0.25) is 4.79 Å². The molecule has 0 aromatic heterocycles. The molecule has 4 heteroatoms. The summed E-state index contributed by atoms with van der Waals surface area (Å²) in [7, 11) is 0. The van der Waals surface area contributed by atoms with E-state index in [0.717, 1.165) is 19.3 Å². The zero-order valence-corrected chi connectivity index (χ0v) is 7.68. The molecule has 1 rings (SSSR count). The van der Waals surface area contributed by atoms with Crippen LogP contribution in [0.2, 0.25) is 0 Å². The van der Waals surface area contributed by atoms with Gasteiger partial charge in [-0.25, -0.2) is 0 Å². The van der Waals surface area contributed by atoms with Crippen LogP contribution >= 0.6 is 11.6 Å². The number of rotatable bonds is 3. The van der Waals surface area contributed by atoms with Gasteiger partial charge in [-0.15, -0.1) is 11.6 Å². The van der Waals surface area contributed by atoms with Gasteiger partial charge in [0.15, 0.2) is 0 Å². The van der Waals surface area contributed by atoms with Crippen molar-refractivity contribution < 1.29 is 9.90 Å². The second-order valence-corrected chi connectivity index (χ2v) is 3.54. The maximum Gasteiger partial charge on any atom is 0.234 e. The SMILES string of the molecule is O=C(CCl)NCC1CCC(O)C1. The highest BCUT2D eigenvalue weighted by molar-refractivity contribution is 6.27. The van der Waals surface area contributed by atoms with Gasteiger partial charge in [-0.05, 0) is 25.2 Å². The molecule has 12 heavy (non-hydrogen) atoms. The maximum atomic E-state index is 10.7. The average Bonchev–Trinajstić information content (AvgIpc) is 2.47. The number of amides is 1. The maximum absolute atomic E-state index is 10.7. The molecule has 0 spiro atoms. The van der Waals surface area contributed by atoms with Crippen LogP contribution in [0.3, 0.4) is 0 Å². The van der Waals surface area contributed by atoms with Gasteiger partial charge in [0, 0.05) is 6.54 Å². The first kappa shape index (κ1) is 9.81. The molecule has 0 saturated heterocycles. The molecule has 2 atom stereocenters. The van der Waals surface area contributed by atoms with E-state index < -0.39 is 0 Å². The minimum absolute atomic E-state index is 0.0231. The van der Waals surface area contributed by atoms with Crippen LogP contribution in [0.25, 0.3) is 0 Å². The fourth-order valence-electron chi connectivity index (χ4n) is 1.54. The predicted octanol–water partition coefficient (Wildman–Crippen LogP) is 0.502. The molecule has 0 aromatic rings. The molecule has 0 aliphatic heterocycles. The van der Waals surface area contributed by atoms with Gasteiger partial charge < -0.3 is 10.4 Å². The van der Waals surface area contributed by atoms with E-state index >= 15 is 0 Å². The molecule has 1 aliphatic carbocycles. The number of hydrogen-bond acceptors (Lipinski definition) is 2. The number of nitrogens with one attached hydrogen (secondary N) is 1. The third kappa shape index (κ3) is 2.99. The number of aliphatic hydroxyl groups excluding tert-OH is 1. The van der Waals surface area contributed by atoms with E-state index in [1.54, 1.807) is 0 Å². The van der Waals surface area contributed by atoms with Gasteiger partial charge >= 0.3 is 0 Å². The monoisotopic (exact) mass is 191 g/mol. The molecule has 1 aliphatic rings. The summed E-state index contributed by atoms with van der Waals surface area (Å²) in [5.41, 5.74) is 0. The number of hydrogen-bond donors (Lipinski definition) is 2. The quantitative estimate of drug-likeness (QED) is 0.639. The summed E-state index contributed by atoms with van der Waals surface area (Å²) in [5.74, 6) is 0.333. The van der Waals surface area contributed by atoms with Crippen LogP contribution in [0, 0.1) is 5.92 Å². The number of halogens is 1. The Kier molecular flexibility index (Phi) is 3.82. The van der Waals surface area contributed by atoms with Crippen molar-refractivity contribution in [1.29, 1.82) is 0 Å². The van der Waals surface area contributed by atoms with Crippen LogP contribution in [0.1, 0.15) is 19.3 Å². The second-order valence-electron chi connectivity index (χ2n) is 3.27. The molecule has 1 saturated carbocycles. The lowest BCUT2D eigenvalue weighted by molar-refractivity contribution is -0.118. The van der Waals surface area contributed by atoms with Gasteiger partial charge in [0.05, 0.1) is 6.10 Å². The van der Waals surface area contributed by atoms with Crippen molar-refractivity contribution in [1.82, 2.24) is 5.32 Å². The molecule has 0 aromatic carbocycles. The van der Waals surface area contributed by atoms with Crippen LogP contribution in [-0.4, -0.2) is 29.5 Å². The van der Waals surface area contributed by atoms with Crippen molar-refractivity contribution in [3.63, 3.8) is 0 Å². The first-order valence-electron chi connectivity index (χ1n) is 4.23. The van der Waals surface area contributed by atoms with Gasteiger partial charge in [0.2, 0.25) is 5.91 Å². The van der Waals surface area contributed by atoms with E-state index in [1.165, 1.54) is 0 Å². The highest BCUT2D eigenvalue weighted by Gasteiger charge is 2.22. The smallest absolute Gasteiger partial charge is 0.234 e. The highest BCUT2D eigenvalue weighted by atomic mass is 35.5. The normalized spacial score (nSPS) is 28.8. The Morgan fingerprint density at radius 3 is 2.83 bits per heavy atom. The Labute approximate surface area is 77.1 Å². The van der Waals surface area contributed by atoms with Gasteiger partial charge in [0.25, 0.3) is 0 Å². The molecular formula is C8H14ClNO2. The highest BCUT2D eigenvalue weighted by Crippen LogP contribution is 2.24. The Bertz CT molecular complexity index is 163. The second kappa shape index (κ2) is 4.67. The summed E-state index contributed by atoms with van der Waals surface area (Å²) >= 11 is 5.30. The fraction of sp³-hybridized carbons (Fsp3) is 0.875. The van der Waals surface area contributed by atoms with Gasteiger partial charge in [0.1, 0.15) is 5.88 Å². The number of alkyl halides is 1. The molecule has 1 amide bonds. The van der Waals surface area contributed by atoms with Crippen molar-refractivity contribution >= 4 is 17.5 Å². The van der Waals surface area contributed by atoms with Crippen LogP contribution in [0.5, 0.6) is 0 Å². The van der Waals surface area contributed by atoms with Gasteiger partial charge in [-0.2, -0.15) is 0 Å². The minimum atomic E-state index is -0.164. The van der Waals surface area contributed by atoms with Crippen LogP contribution in [0.4, 0.5) is 0 Å². The van der Waals surface area contributed by atoms with Crippen molar-refractivity contribution in [3.8, 4) is 0 Å². The van der Waals surface area contributed by atoms with Crippen LogP contribution < -0.4 is 5.32 Å². The lowest BCUT2D eigenvalue weighted by Gasteiger charge is -2.09. The summed E-state index contributed by atoms with van der Waals surface area (Å²) in [6, 6.07) is 0. The molecule has 3 nitrogen and oxygen atoms in total. The number of carbonyl (C=O) groups is 1. The molecule has 1 fully saturated rings. The van der Waals surface area contributed by atoms with E-state index in [9.17, 15) is 9.90 Å². The molecule has 70 valence electrons. The molecule has 2 unspecified atom stereocenters. The van der Waals surface area contributed by atoms with Gasteiger partial charge in [-0.1, -0.05) is 0 Å². The summed E-state index contributed by atoms with van der Waals surface area (Å²) < 4.78 is 0. The molecule has 0 radical (unpaired) electrons. The summed E-state index contributed by atoms with van der Waals surface area (Å²) in [6.45, 7) is 0.655. The molecule has 2 N–H and O–H groups in total. The van der Waals surface area contributed by atoms with E-state index in [1.807, 2.05) is 0 Å². The molecule has 0 bridgehead atoms. The lowest BCUT2D eigenvalue weighted by atomic mass is 10.1. The van der Waals surface area contributed by atoms with E-state index in [0.29, 0.717) is 12.5 Å². The Morgan fingerprint density at radius 1 is 1.58 bits per heavy atom. The topological polar surface area (TPSA) is 49.3 Å². The van der Waals surface area contributed by atoms with Crippen molar-refractivity contribution in [2.75, 3.05) is 12.4 Å². The first-order chi connectivity index (χ1) is 5.72. The van der Waals surface area contributed by atoms with E-state index in [2.05, 4.69) is 5.32 Å². The van der Waals surface area contributed by atoms with E-state index in [-0.39, 0.29) is 17.9 Å². The number of carbonyl (C=O) groups excluding carboxylic acids is 1. The average molecular weight is 192 g/mol. The minimum Gasteiger partial charge on any atom is -0.393 e. The Morgan fingerprint density at radius 2 is 2.33 bits per heavy atom. The standard InChI is InChI=1S/C8H14ClNO2/c9-4-8(12)10-5-6-1-2-7(11)3-6/h6-7,11H,1-5H2,(H,10,12). The van der Waals surface area contributed by atoms with Crippen molar-refractivity contribution in [2.45, 2.75) is 25.4 Å². The van der Waals surface area contributed by atoms with Crippen LogP contribution in [0.15, 0.2) is 0 Å². The fourth-order valence-corrected chi connectivity index (χ4v) is 1.63. The van der Waals surface area contributed by atoms with Crippen molar-refractivity contribution in [2.24, 2.45) is 5.92 Å². The third-order valence-electron chi connectivity index (χ3n) is 2.22. The lowest BCUT2D eigenvalue weighted by Crippen LogP contribution is -2.29. The molecule has 0 heterocycles. The summed E-state index contributed by atoms with van der Waals surface area (Å²) in [4.78, 5) is 10.7. The zero-order chi connectivity index (χ0) is 8.97. The van der Waals surface area contributed by atoms with Crippen LogP contribution in [-0.2, 0) is 4.79 Å². The molecular weight excluding hydrogens is 178 g/mol. The predicted molar refractivity (Wildman–Crippen MR) is 47.1 cm³/mol. The summed E-state index contributed by atoms with van der Waals surface area (Å²) in [6.07, 6.45) is 2.51. The van der Waals surface area contributed by atoms with Crippen molar-refractivity contribution in [3.05, 3.63) is 0 Å². The summed E-state index contributed by atoms with van der Waals surface area (Å²) in [5, 5.41) is 11.9. The third-order valence-corrected chi connectivity index (χ3v) is 2.47. The Hall–Kier alpha value is -0.280. The zero-order valence-electron chi connectivity index (χ0n) is 6.92. The first-order valence-corrected chi connectivity index (χ1v) is 4.76. The Balaban J connectivity index is 2.11. The largest absolute Gasteiger partial charge is 0.393 e. The van der Waals surface area contributed by atoms with E-state index in [4.69, 9.17) is 11.6 Å².